The van der Waals surface area contributed by atoms with E-state index in [1.165, 1.54) is 0 Å². The number of hydrogen-bond donors (Lipinski definition) is 1. The first-order valence-corrected chi connectivity index (χ1v) is 5.24. The third-order valence-electron chi connectivity index (χ3n) is 2.49. The second-order valence-corrected chi connectivity index (χ2v) is 3.76. The van der Waals surface area contributed by atoms with Gasteiger partial charge < -0.3 is 10.1 Å². The summed E-state index contributed by atoms with van der Waals surface area (Å²) in [5.74, 6) is 1.35. The number of amides is 1. The van der Waals surface area contributed by atoms with Crippen LogP contribution >= 0.6 is 11.6 Å². The topological polar surface area (TPSA) is 38.3 Å². The molecular weight excluding hydrogens is 190 g/mol. The molecule has 1 amide bonds. The molecule has 0 atom stereocenters. The van der Waals surface area contributed by atoms with Gasteiger partial charge in [0.25, 0.3) is 0 Å². The number of carbonyl (C=O) groups is 1. The number of halogens is 1. The molecular formula is C9H16ClNO2. The van der Waals surface area contributed by atoms with E-state index in [2.05, 4.69) is 5.32 Å². The fourth-order valence-electron chi connectivity index (χ4n) is 1.61. The lowest BCUT2D eigenvalue weighted by Crippen LogP contribution is -2.29. The van der Waals surface area contributed by atoms with Gasteiger partial charge in [-0.1, -0.05) is 0 Å². The Labute approximate surface area is 83.8 Å². The van der Waals surface area contributed by atoms with Gasteiger partial charge in [-0.05, 0) is 31.6 Å². The fourth-order valence-corrected chi connectivity index (χ4v) is 1.92. The highest BCUT2D eigenvalue weighted by Gasteiger charge is 2.22. The lowest BCUT2D eigenvalue weighted by molar-refractivity contribution is 0.0681. The lowest BCUT2D eigenvalue weighted by Gasteiger charge is -2.26. The number of hydrogen-bond acceptors (Lipinski definition) is 2. The molecule has 0 aromatic heterocycles. The van der Waals surface area contributed by atoms with Gasteiger partial charge in [-0.25, -0.2) is 4.79 Å². The van der Waals surface area contributed by atoms with Gasteiger partial charge in [-0.3, -0.25) is 0 Å². The summed E-state index contributed by atoms with van der Waals surface area (Å²) in [4.78, 5) is 10.9. The molecule has 1 rings (SSSR count). The van der Waals surface area contributed by atoms with Crippen LogP contribution in [0.4, 0.5) is 4.79 Å². The number of rotatable bonds is 2. The van der Waals surface area contributed by atoms with E-state index in [0.29, 0.717) is 5.92 Å². The molecule has 0 aromatic rings. The van der Waals surface area contributed by atoms with Crippen LogP contribution in [0.3, 0.4) is 0 Å². The summed E-state index contributed by atoms with van der Waals surface area (Å²) in [7, 11) is 1.58. The number of alkyl halides is 1. The minimum Gasteiger partial charge on any atom is -0.446 e. The second-order valence-electron chi connectivity index (χ2n) is 3.45. The van der Waals surface area contributed by atoms with Crippen LogP contribution in [0, 0.1) is 5.92 Å². The van der Waals surface area contributed by atoms with Crippen LogP contribution in [0.5, 0.6) is 0 Å². The Morgan fingerprint density at radius 1 is 1.46 bits per heavy atom. The Bertz CT molecular complexity index is 167. The monoisotopic (exact) mass is 205 g/mol. The maximum absolute atomic E-state index is 10.9. The second kappa shape index (κ2) is 5.32. The normalized spacial score (nSPS) is 28.2. The van der Waals surface area contributed by atoms with Gasteiger partial charge >= 0.3 is 6.09 Å². The van der Waals surface area contributed by atoms with E-state index in [4.69, 9.17) is 16.3 Å². The molecule has 0 bridgehead atoms. The Kier molecular flexibility index (Phi) is 4.36. The fraction of sp³-hybridized carbons (Fsp3) is 0.889. The average molecular weight is 206 g/mol. The van der Waals surface area contributed by atoms with Crippen molar-refractivity contribution in [1.82, 2.24) is 5.32 Å². The van der Waals surface area contributed by atoms with E-state index in [1.54, 1.807) is 7.05 Å². The van der Waals surface area contributed by atoms with E-state index in [1.807, 2.05) is 0 Å². The van der Waals surface area contributed by atoms with E-state index >= 15 is 0 Å². The van der Waals surface area contributed by atoms with Crippen molar-refractivity contribution in [2.24, 2.45) is 5.92 Å². The molecule has 0 heterocycles. The molecule has 4 heteroatoms. The summed E-state index contributed by atoms with van der Waals surface area (Å²) >= 11 is 5.74. The van der Waals surface area contributed by atoms with Crippen molar-refractivity contribution in [1.29, 1.82) is 0 Å². The molecule has 0 saturated heterocycles. The zero-order chi connectivity index (χ0) is 9.68. The summed E-state index contributed by atoms with van der Waals surface area (Å²) in [5, 5.41) is 2.45. The molecule has 1 aliphatic rings. The van der Waals surface area contributed by atoms with Crippen molar-refractivity contribution >= 4 is 17.7 Å². The van der Waals surface area contributed by atoms with Crippen LogP contribution in [-0.2, 0) is 4.74 Å². The van der Waals surface area contributed by atoms with Gasteiger partial charge in [0, 0.05) is 12.9 Å². The summed E-state index contributed by atoms with van der Waals surface area (Å²) in [6, 6.07) is 0. The van der Waals surface area contributed by atoms with Crippen LogP contribution in [0.25, 0.3) is 0 Å². The molecule has 0 aromatic carbocycles. The largest absolute Gasteiger partial charge is 0.446 e. The van der Waals surface area contributed by atoms with Crippen molar-refractivity contribution < 1.29 is 9.53 Å². The zero-order valence-electron chi connectivity index (χ0n) is 7.88. The summed E-state index contributed by atoms with van der Waals surface area (Å²) in [6.45, 7) is 0. The third-order valence-corrected chi connectivity index (χ3v) is 2.93. The van der Waals surface area contributed by atoms with Gasteiger partial charge in [-0.15, -0.1) is 11.6 Å². The van der Waals surface area contributed by atoms with E-state index in [-0.39, 0.29) is 12.2 Å². The minimum atomic E-state index is -0.325. The summed E-state index contributed by atoms with van der Waals surface area (Å²) in [5.41, 5.74) is 0. The minimum absolute atomic E-state index is 0.0967. The van der Waals surface area contributed by atoms with Crippen LogP contribution in [0.15, 0.2) is 0 Å². The van der Waals surface area contributed by atoms with Gasteiger partial charge in [0.2, 0.25) is 0 Å². The number of nitrogens with one attached hydrogen (secondary N) is 1. The number of ether oxygens (including phenoxy) is 1. The molecule has 76 valence electrons. The molecule has 1 aliphatic carbocycles. The molecule has 1 fully saturated rings. The van der Waals surface area contributed by atoms with Gasteiger partial charge in [0.05, 0.1) is 0 Å². The van der Waals surface area contributed by atoms with Crippen molar-refractivity contribution in [2.75, 3.05) is 12.9 Å². The predicted octanol–water partition coefficient (Wildman–Crippen LogP) is 2.14. The predicted molar refractivity (Wildman–Crippen MR) is 52.0 cm³/mol. The van der Waals surface area contributed by atoms with E-state index < -0.39 is 0 Å². The van der Waals surface area contributed by atoms with Crippen LogP contribution < -0.4 is 5.32 Å². The first kappa shape index (κ1) is 10.6. The molecule has 0 unspecified atom stereocenters. The van der Waals surface area contributed by atoms with Crippen molar-refractivity contribution in [3.63, 3.8) is 0 Å². The number of carbonyl (C=O) groups excluding carboxylic acids is 1. The van der Waals surface area contributed by atoms with Gasteiger partial charge in [0.15, 0.2) is 0 Å². The maximum atomic E-state index is 10.9. The molecule has 13 heavy (non-hydrogen) atoms. The Balaban J connectivity index is 2.21. The summed E-state index contributed by atoms with van der Waals surface area (Å²) < 4.78 is 5.14. The smallest absolute Gasteiger partial charge is 0.407 e. The molecule has 3 nitrogen and oxygen atoms in total. The van der Waals surface area contributed by atoms with Gasteiger partial charge in [0.1, 0.15) is 6.10 Å². The Hall–Kier alpha value is -0.440. The zero-order valence-corrected chi connectivity index (χ0v) is 8.64. The third kappa shape index (κ3) is 3.43. The quantitative estimate of drug-likeness (QED) is 0.702. The van der Waals surface area contributed by atoms with Crippen molar-refractivity contribution in [2.45, 2.75) is 31.8 Å². The maximum Gasteiger partial charge on any atom is 0.407 e. The molecule has 1 N–H and O–H groups in total. The van der Waals surface area contributed by atoms with Crippen LogP contribution in [0.2, 0.25) is 0 Å². The molecule has 0 spiro atoms. The highest BCUT2D eigenvalue weighted by atomic mass is 35.5. The van der Waals surface area contributed by atoms with Crippen molar-refractivity contribution in [3.8, 4) is 0 Å². The lowest BCUT2D eigenvalue weighted by atomic mass is 9.89. The SMILES string of the molecule is CNC(=O)OC1CCC(CCl)CC1. The highest BCUT2D eigenvalue weighted by molar-refractivity contribution is 6.18. The van der Waals surface area contributed by atoms with Crippen LogP contribution in [-0.4, -0.2) is 25.1 Å². The summed E-state index contributed by atoms with van der Waals surface area (Å²) in [6.07, 6.45) is 3.82. The first-order chi connectivity index (χ1) is 6.26. The van der Waals surface area contributed by atoms with Gasteiger partial charge in [-0.2, -0.15) is 0 Å². The Morgan fingerprint density at radius 3 is 2.54 bits per heavy atom. The van der Waals surface area contributed by atoms with Crippen LogP contribution in [0.1, 0.15) is 25.7 Å². The Morgan fingerprint density at radius 2 is 2.08 bits per heavy atom. The van der Waals surface area contributed by atoms with E-state index in [0.717, 1.165) is 31.6 Å². The molecule has 0 aliphatic heterocycles. The van der Waals surface area contributed by atoms with Crippen molar-refractivity contribution in [3.05, 3.63) is 0 Å². The molecule has 0 radical (unpaired) electrons. The van der Waals surface area contributed by atoms with E-state index in [9.17, 15) is 4.79 Å². The first-order valence-electron chi connectivity index (χ1n) is 4.70. The standard InChI is InChI=1S/C9H16ClNO2/c1-11-9(12)13-8-4-2-7(6-10)3-5-8/h7-8H,2-6H2,1H3,(H,11,12). The average Bonchev–Trinajstić information content (AvgIpc) is 2.19. The highest BCUT2D eigenvalue weighted by Crippen LogP contribution is 2.26. The number of alkyl carbamates (subject to hydrolysis) is 1. The molecule has 1 saturated carbocycles.